The molecule has 0 amide bonds. The van der Waals surface area contributed by atoms with Crippen LogP contribution in [0.3, 0.4) is 0 Å². The number of rotatable bonds is 5. The van der Waals surface area contributed by atoms with Gasteiger partial charge in [0.2, 0.25) is 0 Å². The zero-order valence-corrected chi connectivity index (χ0v) is 8.72. The molecule has 0 fully saturated rings. The van der Waals surface area contributed by atoms with Crippen LogP contribution in [0.1, 0.15) is 12.0 Å². The van der Waals surface area contributed by atoms with Gasteiger partial charge >= 0.3 is 0 Å². The van der Waals surface area contributed by atoms with Gasteiger partial charge in [-0.15, -0.1) is 6.58 Å². The number of allylic oxidation sites excluding steroid dienone is 1. The summed E-state index contributed by atoms with van der Waals surface area (Å²) < 4.78 is 0. The topological polar surface area (TPSA) is 12.0 Å². The third kappa shape index (κ3) is 3.48. The van der Waals surface area contributed by atoms with Gasteiger partial charge in [0.25, 0.3) is 0 Å². The highest BCUT2D eigenvalue weighted by atomic mass is 14.9. The Labute approximate surface area is 86.2 Å². The molecular formula is C13H17N. The van der Waals surface area contributed by atoms with Crippen LogP contribution in [0.15, 0.2) is 49.1 Å². The summed E-state index contributed by atoms with van der Waals surface area (Å²) in [6.07, 6.45) is 2.75. The Kier molecular flexibility index (Phi) is 3.99. The normalized spacial score (nSPS) is 9.50. The summed E-state index contributed by atoms with van der Waals surface area (Å²) >= 11 is 0. The van der Waals surface area contributed by atoms with Crippen LogP contribution >= 0.6 is 0 Å². The number of aryl methyl sites for hydroxylation is 1. The minimum absolute atomic E-state index is 0.815. The molecule has 0 aliphatic heterocycles. The van der Waals surface area contributed by atoms with Gasteiger partial charge in [-0.25, -0.2) is 0 Å². The first kappa shape index (κ1) is 10.6. The van der Waals surface area contributed by atoms with Gasteiger partial charge < -0.3 is 5.32 Å². The monoisotopic (exact) mass is 187 g/mol. The smallest absolute Gasteiger partial charge is 0.0360 e. The van der Waals surface area contributed by atoms with Crippen molar-refractivity contribution in [3.05, 3.63) is 54.6 Å². The molecule has 1 aromatic carbocycles. The second-order valence-corrected chi connectivity index (χ2v) is 3.46. The highest BCUT2D eigenvalue weighted by Gasteiger charge is 1.92. The summed E-state index contributed by atoms with van der Waals surface area (Å²) in [5.74, 6) is 0. The van der Waals surface area contributed by atoms with Crippen LogP contribution in [0.5, 0.6) is 0 Å². The third-order valence-corrected chi connectivity index (χ3v) is 2.03. The molecule has 0 unspecified atom stereocenters. The molecule has 0 heterocycles. The number of hydrogen-bond acceptors (Lipinski definition) is 1. The maximum Gasteiger partial charge on any atom is 0.0360 e. The van der Waals surface area contributed by atoms with E-state index in [1.807, 2.05) is 6.08 Å². The maximum absolute atomic E-state index is 3.94. The Morgan fingerprint density at radius 1 is 1.36 bits per heavy atom. The van der Waals surface area contributed by atoms with Gasteiger partial charge in [-0.3, -0.25) is 0 Å². The fraction of sp³-hybridized carbons (Fsp3) is 0.231. The average molecular weight is 187 g/mol. The molecule has 0 radical (unpaired) electrons. The minimum Gasteiger partial charge on any atom is -0.381 e. The van der Waals surface area contributed by atoms with E-state index in [9.17, 15) is 0 Å². The van der Waals surface area contributed by atoms with E-state index < -0.39 is 0 Å². The van der Waals surface area contributed by atoms with Gasteiger partial charge in [-0.2, -0.15) is 0 Å². The van der Waals surface area contributed by atoms with Gasteiger partial charge in [0, 0.05) is 12.2 Å². The molecule has 1 rings (SSSR count). The van der Waals surface area contributed by atoms with Crippen molar-refractivity contribution in [1.29, 1.82) is 0 Å². The van der Waals surface area contributed by atoms with E-state index in [4.69, 9.17) is 0 Å². The first-order chi connectivity index (χ1) is 6.72. The maximum atomic E-state index is 3.94. The van der Waals surface area contributed by atoms with Crippen molar-refractivity contribution in [1.82, 2.24) is 0 Å². The molecule has 14 heavy (non-hydrogen) atoms. The van der Waals surface area contributed by atoms with E-state index in [-0.39, 0.29) is 0 Å². The van der Waals surface area contributed by atoms with E-state index in [2.05, 4.69) is 49.7 Å². The standard InChI is InChI=1S/C13H17N/c1-4-5-12(3)10-14-13-8-6-11(2)7-9-13/h4,6-9,14H,1,3,5,10H2,2H3. The summed E-state index contributed by atoms with van der Waals surface area (Å²) in [6, 6.07) is 8.35. The molecule has 1 nitrogen and oxygen atoms in total. The van der Waals surface area contributed by atoms with Gasteiger partial charge in [-0.05, 0) is 25.5 Å². The number of hydrogen-bond donors (Lipinski definition) is 1. The summed E-state index contributed by atoms with van der Waals surface area (Å²) in [5, 5.41) is 3.31. The van der Waals surface area contributed by atoms with Crippen LogP contribution in [0, 0.1) is 6.92 Å². The number of nitrogens with one attached hydrogen (secondary N) is 1. The van der Waals surface area contributed by atoms with Crippen molar-refractivity contribution in [3.63, 3.8) is 0 Å². The fourth-order valence-corrected chi connectivity index (χ4v) is 1.17. The molecule has 1 aromatic rings. The lowest BCUT2D eigenvalue weighted by Gasteiger charge is -2.07. The lowest BCUT2D eigenvalue weighted by molar-refractivity contribution is 1.13. The highest BCUT2D eigenvalue weighted by Crippen LogP contribution is 2.09. The van der Waals surface area contributed by atoms with Crippen molar-refractivity contribution >= 4 is 5.69 Å². The quantitative estimate of drug-likeness (QED) is 0.695. The Morgan fingerprint density at radius 3 is 2.57 bits per heavy atom. The summed E-state index contributed by atoms with van der Waals surface area (Å²) in [5.41, 5.74) is 3.57. The molecule has 74 valence electrons. The van der Waals surface area contributed by atoms with Crippen molar-refractivity contribution in [3.8, 4) is 0 Å². The zero-order valence-electron chi connectivity index (χ0n) is 8.72. The van der Waals surface area contributed by atoms with Crippen molar-refractivity contribution in [2.75, 3.05) is 11.9 Å². The van der Waals surface area contributed by atoms with E-state index in [0.717, 1.165) is 24.2 Å². The molecule has 0 aliphatic carbocycles. The lowest BCUT2D eigenvalue weighted by Crippen LogP contribution is -2.03. The van der Waals surface area contributed by atoms with Crippen LogP contribution < -0.4 is 5.32 Å². The zero-order chi connectivity index (χ0) is 10.4. The van der Waals surface area contributed by atoms with Gasteiger partial charge in [0.05, 0.1) is 0 Å². The fourth-order valence-electron chi connectivity index (χ4n) is 1.17. The molecule has 0 aromatic heterocycles. The minimum atomic E-state index is 0.815. The first-order valence-corrected chi connectivity index (χ1v) is 4.80. The van der Waals surface area contributed by atoms with Crippen molar-refractivity contribution in [2.24, 2.45) is 0 Å². The molecule has 1 N–H and O–H groups in total. The van der Waals surface area contributed by atoms with E-state index in [1.54, 1.807) is 0 Å². The van der Waals surface area contributed by atoms with Gasteiger partial charge in [-0.1, -0.05) is 35.9 Å². The molecule has 0 spiro atoms. The SMILES string of the molecule is C=CCC(=C)CNc1ccc(C)cc1. The van der Waals surface area contributed by atoms with Crippen LogP contribution in [0.2, 0.25) is 0 Å². The molecular weight excluding hydrogens is 170 g/mol. The Bertz CT molecular complexity index is 309. The molecule has 0 saturated heterocycles. The molecule has 0 saturated carbocycles. The second kappa shape index (κ2) is 5.28. The predicted molar refractivity (Wildman–Crippen MR) is 63.6 cm³/mol. The predicted octanol–water partition coefficient (Wildman–Crippen LogP) is 3.54. The first-order valence-electron chi connectivity index (χ1n) is 4.80. The highest BCUT2D eigenvalue weighted by molar-refractivity contribution is 5.45. The van der Waals surface area contributed by atoms with Crippen molar-refractivity contribution < 1.29 is 0 Å². The Hall–Kier alpha value is -1.50. The van der Waals surface area contributed by atoms with E-state index in [0.29, 0.717) is 0 Å². The molecule has 1 heteroatoms. The van der Waals surface area contributed by atoms with Crippen LogP contribution in [-0.4, -0.2) is 6.54 Å². The third-order valence-electron chi connectivity index (χ3n) is 2.03. The number of anilines is 1. The Morgan fingerprint density at radius 2 is 2.00 bits per heavy atom. The summed E-state index contributed by atoms with van der Waals surface area (Å²) in [6.45, 7) is 10.5. The van der Waals surface area contributed by atoms with Crippen LogP contribution in [0.25, 0.3) is 0 Å². The van der Waals surface area contributed by atoms with Gasteiger partial charge in [0.15, 0.2) is 0 Å². The van der Waals surface area contributed by atoms with E-state index in [1.165, 1.54) is 5.56 Å². The van der Waals surface area contributed by atoms with Gasteiger partial charge in [0.1, 0.15) is 0 Å². The largest absolute Gasteiger partial charge is 0.381 e. The van der Waals surface area contributed by atoms with Crippen molar-refractivity contribution in [2.45, 2.75) is 13.3 Å². The average Bonchev–Trinajstić information content (AvgIpc) is 2.17. The summed E-state index contributed by atoms with van der Waals surface area (Å²) in [4.78, 5) is 0. The summed E-state index contributed by atoms with van der Waals surface area (Å²) in [7, 11) is 0. The second-order valence-electron chi connectivity index (χ2n) is 3.46. The molecule has 0 bridgehead atoms. The molecule has 0 atom stereocenters. The lowest BCUT2D eigenvalue weighted by atomic mass is 10.2. The molecule has 0 aliphatic rings. The van der Waals surface area contributed by atoms with E-state index >= 15 is 0 Å². The van der Waals surface area contributed by atoms with Crippen LogP contribution in [0.4, 0.5) is 5.69 Å². The van der Waals surface area contributed by atoms with Crippen LogP contribution in [-0.2, 0) is 0 Å². The Balaban J connectivity index is 2.41. The number of benzene rings is 1.